The van der Waals surface area contributed by atoms with E-state index in [1.807, 2.05) is 6.92 Å². The Bertz CT molecular complexity index is 337. The van der Waals surface area contributed by atoms with E-state index in [0.717, 1.165) is 18.4 Å². The van der Waals surface area contributed by atoms with Crippen LogP contribution in [0.4, 0.5) is 0 Å². The Hall–Kier alpha value is -0.820. The zero-order valence-electron chi connectivity index (χ0n) is 12.4. The maximum Gasteiger partial charge on any atom is 0.0871 e. The van der Waals surface area contributed by atoms with Gasteiger partial charge in [-0.25, -0.2) is 0 Å². The third kappa shape index (κ3) is 4.45. The molecule has 0 radical (unpaired) electrons. The summed E-state index contributed by atoms with van der Waals surface area (Å²) in [5, 5.41) is 10.7. The van der Waals surface area contributed by atoms with Gasteiger partial charge in [-0.1, -0.05) is 69.4 Å². The van der Waals surface area contributed by atoms with Crippen LogP contribution in [0.2, 0.25) is 0 Å². The molecule has 2 atom stereocenters. The van der Waals surface area contributed by atoms with Crippen LogP contribution in [0.1, 0.15) is 64.0 Å². The summed E-state index contributed by atoms with van der Waals surface area (Å²) < 4.78 is 0. The summed E-state index contributed by atoms with van der Waals surface area (Å²) in [6.45, 7) is 8.48. The van der Waals surface area contributed by atoms with Gasteiger partial charge in [0.25, 0.3) is 0 Å². The van der Waals surface area contributed by atoms with Gasteiger partial charge in [-0.15, -0.1) is 0 Å². The highest BCUT2D eigenvalue weighted by Crippen LogP contribution is 2.31. The van der Waals surface area contributed by atoms with Gasteiger partial charge in [0, 0.05) is 0 Å². The second-order valence-electron chi connectivity index (χ2n) is 5.76. The van der Waals surface area contributed by atoms with Crippen molar-refractivity contribution < 1.29 is 5.11 Å². The molecule has 0 aliphatic rings. The van der Waals surface area contributed by atoms with Gasteiger partial charge in [-0.2, -0.15) is 0 Å². The van der Waals surface area contributed by atoms with Crippen LogP contribution in [-0.2, 0) is 5.60 Å². The average Bonchev–Trinajstić information content (AvgIpc) is 2.35. The quantitative estimate of drug-likeness (QED) is 0.734. The Morgan fingerprint density at radius 2 is 1.78 bits per heavy atom. The predicted octanol–water partition coefficient (Wildman–Crippen LogP) is 4.81. The van der Waals surface area contributed by atoms with Crippen molar-refractivity contribution >= 4 is 0 Å². The molecule has 0 saturated carbocycles. The largest absolute Gasteiger partial charge is 0.385 e. The van der Waals surface area contributed by atoms with E-state index in [4.69, 9.17) is 0 Å². The highest BCUT2D eigenvalue weighted by Gasteiger charge is 2.26. The van der Waals surface area contributed by atoms with Crippen LogP contribution in [0.15, 0.2) is 24.3 Å². The lowest BCUT2D eigenvalue weighted by atomic mass is 9.82. The second-order valence-corrected chi connectivity index (χ2v) is 5.76. The van der Waals surface area contributed by atoms with Crippen molar-refractivity contribution in [3.63, 3.8) is 0 Å². The molecule has 0 aliphatic carbocycles. The molecule has 0 amide bonds. The summed E-state index contributed by atoms with van der Waals surface area (Å²) in [4.78, 5) is 0. The number of rotatable bonds is 7. The molecule has 1 aromatic rings. The number of unbranched alkanes of at least 4 members (excludes halogenated alkanes) is 1. The van der Waals surface area contributed by atoms with Gasteiger partial charge in [-0.05, 0) is 31.7 Å². The monoisotopic (exact) mass is 248 g/mol. The van der Waals surface area contributed by atoms with Crippen LogP contribution in [-0.4, -0.2) is 5.11 Å². The van der Waals surface area contributed by atoms with Crippen molar-refractivity contribution in [2.45, 2.75) is 65.4 Å². The second kappa shape index (κ2) is 6.94. The smallest absolute Gasteiger partial charge is 0.0871 e. The van der Waals surface area contributed by atoms with E-state index in [1.54, 1.807) is 0 Å². The molecule has 0 aromatic heterocycles. The Labute approximate surface area is 112 Å². The van der Waals surface area contributed by atoms with Crippen molar-refractivity contribution in [2.24, 2.45) is 5.92 Å². The summed E-state index contributed by atoms with van der Waals surface area (Å²) in [6, 6.07) is 8.28. The highest BCUT2D eigenvalue weighted by molar-refractivity contribution is 5.25. The maximum absolute atomic E-state index is 10.7. The molecular formula is C17H28O. The Morgan fingerprint density at radius 3 is 2.28 bits per heavy atom. The minimum absolute atomic E-state index is 0.626. The number of hydrogen-bond acceptors (Lipinski definition) is 1. The van der Waals surface area contributed by atoms with Crippen LogP contribution in [0, 0.1) is 12.8 Å². The lowest BCUT2D eigenvalue weighted by Crippen LogP contribution is -2.25. The number of aliphatic hydroxyl groups is 1. The first-order valence-electron chi connectivity index (χ1n) is 7.29. The van der Waals surface area contributed by atoms with Crippen molar-refractivity contribution in [3.8, 4) is 0 Å². The molecule has 0 fully saturated rings. The van der Waals surface area contributed by atoms with E-state index < -0.39 is 5.60 Å². The first kappa shape index (κ1) is 15.2. The molecule has 18 heavy (non-hydrogen) atoms. The van der Waals surface area contributed by atoms with Gasteiger partial charge in [-0.3, -0.25) is 0 Å². The van der Waals surface area contributed by atoms with Crippen LogP contribution >= 0.6 is 0 Å². The molecule has 0 spiro atoms. The standard InChI is InChI=1S/C17H28O/c1-5-7-8-15(6-2)13-17(4,18)16-11-9-14(3)10-12-16/h9-12,15,18H,5-8,13H2,1-4H3. The zero-order chi connectivity index (χ0) is 13.6. The van der Waals surface area contributed by atoms with Crippen molar-refractivity contribution in [2.75, 3.05) is 0 Å². The Morgan fingerprint density at radius 1 is 1.17 bits per heavy atom. The van der Waals surface area contributed by atoms with Crippen molar-refractivity contribution in [1.29, 1.82) is 0 Å². The van der Waals surface area contributed by atoms with E-state index in [-0.39, 0.29) is 0 Å². The number of hydrogen-bond donors (Lipinski definition) is 1. The first-order chi connectivity index (χ1) is 8.49. The van der Waals surface area contributed by atoms with Gasteiger partial charge in [0.2, 0.25) is 0 Å². The molecule has 0 bridgehead atoms. The Balaban J connectivity index is 2.69. The average molecular weight is 248 g/mol. The van der Waals surface area contributed by atoms with Crippen LogP contribution in [0.25, 0.3) is 0 Å². The Kier molecular flexibility index (Phi) is 5.87. The topological polar surface area (TPSA) is 20.2 Å². The lowest BCUT2D eigenvalue weighted by molar-refractivity contribution is 0.0275. The molecular weight excluding hydrogens is 220 g/mol. The summed E-state index contributed by atoms with van der Waals surface area (Å²) in [7, 11) is 0. The number of aryl methyl sites for hydroxylation is 1. The van der Waals surface area contributed by atoms with E-state index in [9.17, 15) is 5.11 Å². The lowest BCUT2D eigenvalue weighted by Gasteiger charge is -2.28. The summed E-state index contributed by atoms with van der Waals surface area (Å²) in [5.41, 5.74) is 1.60. The fourth-order valence-corrected chi connectivity index (χ4v) is 2.54. The fraction of sp³-hybridized carbons (Fsp3) is 0.647. The highest BCUT2D eigenvalue weighted by atomic mass is 16.3. The van der Waals surface area contributed by atoms with Crippen LogP contribution in [0.3, 0.4) is 0 Å². The van der Waals surface area contributed by atoms with Crippen molar-refractivity contribution in [1.82, 2.24) is 0 Å². The van der Waals surface area contributed by atoms with Gasteiger partial charge in [0.1, 0.15) is 0 Å². The summed E-state index contributed by atoms with van der Waals surface area (Å²) >= 11 is 0. The molecule has 0 aliphatic heterocycles. The first-order valence-corrected chi connectivity index (χ1v) is 7.29. The maximum atomic E-state index is 10.7. The minimum Gasteiger partial charge on any atom is -0.385 e. The molecule has 1 N–H and O–H groups in total. The van der Waals surface area contributed by atoms with E-state index in [2.05, 4.69) is 45.0 Å². The molecule has 102 valence electrons. The fourth-order valence-electron chi connectivity index (χ4n) is 2.54. The minimum atomic E-state index is -0.692. The predicted molar refractivity (Wildman–Crippen MR) is 78.7 cm³/mol. The SMILES string of the molecule is CCCCC(CC)CC(C)(O)c1ccc(C)cc1. The third-order valence-corrected chi connectivity index (χ3v) is 3.90. The molecule has 0 saturated heterocycles. The van der Waals surface area contributed by atoms with Gasteiger partial charge < -0.3 is 5.11 Å². The molecule has 1 nitrogen and oxygen atoms in total. The van der Waals surface area contributed by atoms with Crippen LogP contribution in [0.5, 0.6) is 0 Å². The van der Waals surface area contributed by atoms with Gasteiger partial charge in [0.05, 0.1) is 5.60 Å². The summed E-state index contributed by atoms with van der Waals surface area (Å²) in [5.74, 6) is 0.626. The number of benzene rings is 1. The molecule has 1 heteroatoms. The van der Waals surface area contributed by atoms with E-state index in [1.165, 1.54) is 24.8 Å². The third-order valence-electron chi connectivity index (χ3n) is 3.90. The normalized spacial score (nSPS) is 16.3. The summed E-state index contributed by atoms with van der Waals surface area (Å²) in [6.07, 6.45) is 5.76. The van der Waals surface area contributed by atoms with E-state index in [0.29, 0.717) is 5.92 Å². The zero-order valence-corrected chi connectivity index (χ0v) is 12.4. The molecule has 0 heterocycles. The molecule has 1 aromatic carbocycles. The van der Waals surface area contributed by atoms with Crippen molar-refractivity contribution in [3.05, 3.63) is 35.4 Å². The van der Waals surface area contributed by atoms with Gasteiger partial charge >= 0.3 is 0 Å². The van der Waals surface area contributed by atoms with Gasteiger partial charge in [0.15, 0.2) is 0 Å². The molecule has 2 unspecified atom stereocenters. The van der Waals surface area contributed by atoms with Crippen LogP contribution < -0.4 is 0 Å². The molecule has 1 rings (SSSR count). The van der Waals surface area contributed by atoms with E-state index >= 15 is 0 Å².